The third kappa shape index (κ3) is 3.12. The lowest BCUT2D eigenvalue weighted by molar-refractivity contribution is -0.931. The average molecular weight is 349 g/mol. The number of aromatic nitrogens is 1. The van der Waals surface area contributed by atoms with E-state index < -0.39 is 0 Å². The van der Waals surface area contributed by atoms with Gasteiger partial charge in [0.2, 0.25) is 0 Å². The molecular formula is C23H29N2O+. The number of piperidine rings is 1. The maximum atomic E-state index is 5.38. The number of hydrogen-bond acceptors (Lipinski definition) is 1. The van der Waals surface area contributed by atoms with Crippen LogP contribution in [0.2, 0.25) is 0 Å². The molecule has 3 nitrogen and oxygen atoms in total. The second-order valence-electron chi connectivity index (χ2n) is 7.76. The summed E-state index contributed by atoms with van der Waals surface area (Å²) in [5, 5.41) is 1.36. The third-order valence-electron chi connectivity index (χ3n) is 6.01. The fourth-order valence-electron chi connectivity index (χ4n) is 4.49. The van der Waals surface area contributed by atoms with E-state index in [1.165, 1.54) is 53.7 Å². The van der Waals surface area contributed by atoms with Gasteiger partial charge in [-0.3, -0.25) is 0 Å². The zero-order valence-corrected chi connectivity index (χ0v) is 16.0. The van der Waals surface area contributed by atoms with Gasteiger partial charge >= 0.3 is 0 Å². The number of ether oxygens (including phenoxy) is 1. The Hall–Kier alpha value is -2.26. The molecule has 4 rings (SSSR count). The van der Waals surface area contributed by atoms with Crippen LogP contribution in [0.5, 0.6) is 5.75 Å². The number of aromatic amines is 1. The summed E-state index contributed by atoms with van der Waals surface area (Å²) in [6.07, 6.45) is 2.62. The summed E-state index contributed by atoms with van der Waals surface area (Å²) in [7, 11) is 1.73. The summed E-state index contributed by atoms with van der Waals surface area (Å²) in [5.41, 5.74) is 5.36. The van der Waals surface area contributed by atoms with E-state index in [1.54, 1.807) is 12.0 Å². The Labute approximate surface area is 156 Å². The van der Waals surface area contributed by atoms with Crippen molar-refractivity contribution in [2.75, 3.05) is 20.2 Å². The molecule has 1 aromatic heterocycles. The van der Waals surface area contributed by atoms with Gasteiger partial charge in [-0.25, -0.2) is 0 Å². The van der Waals surface area contributed by atoms with Gasteiger partial charge in [-0.1, -0.05) is 25.1 Å². The molecule has 0 aliphatic carbocycles. The van der Waals surface area contributed by atoms with Crippen molar-refractivity contribution in [1.29, 1.82) is 0 Å². The molecule has 0 bridgehead atoms. The first kappa shape index (κ1) is 17.2. The zero-order valence-electron chi connectivity index (χ0n) is 16.0. The highest BCUT2D eigenvalue weighted by Crippen LogP contribution is 2.31. The third-order valence-corrected chi connectivity index (χ3v) is 6.01. The molecule has 1 aliphatic rings. The monoisotopic (exact) mass is 349 g/mol. The molecule has 136 valence electrons. The number of quaternary nitrogens is 1. The Kier molecular flexibility index (Phi) is 4.73. The van der Waals surface area contributed by atoms with Crippen LogP contribution in [0.4, 0.5) is 0 Å². The molecule has 26 heavy (non-hydrogen) atoms. The number of benzene rings is 2. The quantitative estimate of drug-likeness (QED) is 0.735. The predicted octanol–water partition coefficient (Wildman–Crippen LogP) is 3.89. The van der Waals surface area contributed by atoms with Crippen LogP contribution >= 0.6 is 0 Å². The number of rotatable bonds is 4. The van der Waals surface area contributed by atoms with Crippen LogP contribution in [0.1, 0.15) is 42.6 Å². The molecule has 0 spiro atoms. The minimum Gasteiger partial charge on any atom is -0.497 e. The zero-order chi connectivity index (χ0) is 18.1. The van der Waals surface area contributed by atoms with Crippen molar-refractivity contribution >= 4 is 10.9 Å². The molecule has 1 aliphatic heterocycles. The molecule has 3 aromatic rings. The van der Waals surface area contributed by atoms with Crippen LogP contribution in [0.25, 0.3) is 10.9 Å². The molecule has 1 saturated heterocycles. The van der Waals surface area contributed by atoms with Crippen LogP contribution in [-0.4, -0.2) is 25.2 Å². The Morgan fingerprint density at radius 3 is 2.42 bits per heavy atom. The lowest BCUT2D eigenvalue weighted by atomic mass is 9.90. The van der Waals surface area contributed by atoms with E-state index in [-0.39, 0.29) is 0 Å². The van der Waals surface area contributed by atoms with Crippen molar-refractivity contribution in [2.24, 2.45) is 5.92 Å². The first-order valence-corrected chi connectivity index (χ1v) is 9.73. The van der Waals surface area contributed by atoms with E-state index in [0.717, 1.165) is 11.7 Å². The number of hydrogen-bond donors (Lipinski definition) is 2. The summed E-state index contributed by atoms with van der Waals surface area (Å²) in [6.45, 7) is 7.07. The summed E-state index contributed by atoms with van der Waals surface area (Å²) in [6, 6.07) is 17.8. The van der Waals surface area contributed by atoms with Gasteiger partial charge in [0.25, 0.3) is 0 Å². The molecule has 2 N–H and O–H groups in total. The van der Waals surface area contributed by atoms with Gasteiger partial charge in [-0.05, 0) is 56.0 Å². The highest BCUT2D eigenvalue weighted by Gasteiger charge is 2.32. The van der Waals surface area contributed by atoms with Crippen LogP contribution in [0.3, 0.4) is 0 Å². The van der Waals surface area contributed by atoms with E-state index in [9.17, 15) is 0 Å². The molecule has 1 atom stereocenters. The van der Waals surface area contributed by atoms with Gasteiger partial charge in [-0.15, -0.1) is 0 Å². The highest BCUT2D eigenvalue weighted by molar-refractivity contribution is 5.85. The van der Waals surface area contributed by atoms with Crippen LogP contribution < -0.4 is 9.64 Å². The summed E-state index contributed by atoms with van der Waals surface area (Å²) in [5.74, 6) is 1.77. The Morgan fingerprint density at radius 2 is 1.73 bits per heavy atom. The van der Waals surface area contributed by atoms with Crippen molar-refractivity contribution in [1.82, 2.24) is 4.98 Å². The second-order valence-corrected chi connectivity index (χ2v) is 7.76. The molecule has 2 heterocycles. The number of para-hydroxylation sites is 1. The van der Waals surface area contributed by atoms with Gasteiger partial charge in [-0.2, -0.15) is 0 Å². The van der Waals surface area contributed by atoms with Gasteiger partial charge in [0.1, 0.15) is 11.8 Å². The van der Waals surface area contributed by atoms with Crippen molar-refractivity contribution in [3.8, 4) is 5.75 Å². The van der Waals surface area contributed by atoms with Crippen LogP contribution in [0, 0.1) is 12.8 Å². The molecule has 0 radical (unpaired) electrons. The SMILES string of the molecule is COc1ccc([C@@H](c2c(C)[nH]c3ccccc23)[NH+]2CCC(C)CC2)cc1. The number of nitrogens with one attached hydrogen (secondary N) is 2. The van der Waals surface area contributed by atoms with Crippen molar-refractivity contribution in [2.45, 2.75) is 32.7 Å². The lowest BCUT2D eigenvalue weighted by Crippen LogP contribution is -3.13. The molecule has 0 saturated carbocycles. The first-order chi connectivity index (χ1) is 12.7. The molecule has 3 heteroatoms. The number of likely N-dealkylation sites (tertiary alicyclic amines) is 1. The maximum absolute atomic E-state index is 5.38. The summed E-state index contributed by atoms with van der Waals surface area (Å²) in [4.78, 5) is 5.29. The predicted molar refractivity (Wildman–Crippen MR) is 107 cm³/mol. The number of methoxy groups -OCH3 is 1. The molecule has 0 amide bonds. The topological polar surface area (TPSA) is 29.5 Å². The molecular weight excluding hydrogens is 320 g/mol. The van der Waals surface area contributed by atoms with Gasteiger partial charge < -0.3 is 14.6 Å². The van der Waals surface area contributed by atoms with E-state index in [4.69, 9.17) is 4.74 Å². The fourth-order valence-corrected chi connectivity index (χ4v) is 4.49. The minimum absolute atomic E-state index is 0.365. The fraction of sp³-hybridized carbons (Fsp3) is 0.391. The van der Waals surface area contributed by atoms with Crippen LogP contribution in [-0.2, 0) is 0 Å². The Bertz CT molecular complexity index is 873. The number of H-pyrrole nitrogens is 1. The van der Waals surface area contributed by atoms with Crippen LogP contribution in [0.15, 0.2) is 48.5 Å². The molecule has 1 fully saturated rings. The highest BCUT2D eigenvalue weighted by atomic mass is 16.5. The average Bonchev–Trinajstić information content (AvgIpc) is 3.00. The summed E-state index contributed by atoms with van der Waals surface area (Å²) < 4.78 is 5.38. The van der Waals surface area contributed by atoms with Gasteiger partial charge in [0.05, 0.1) is 20.2 Å². The maximum Gasteiger partial charge on any atom is 0.141 e. The molecule has 0 unspecified atom stereocenters. The Morgan fingerprint density at radius 1 is 1.04 bits per heavy atom. The molecule has 2 aromatic carbocycles. The Balaban J connectivity index is 1.82. The van der Waals surface area contributed by atoms with Crippen molar-refractivity contribution < 1.29 is 9.64 Å². The van der Waals surface area contributed by atoms with E-state index >= 15 is 0 Å². The van der Waals surface area contributed by atoms with Gasteiger partial charge in [0.15, 0.2) is 0 Å². The first-order valence-electron chi connectivity index (χ1n) is 9.73. The van der Waals surface area contributed by atoms with E-state index in [1.807, 2.05) is 0 Å². The van der Waals surface area contributed by atoms with Gasteiger partial charge in [0, 0.05) is 27.7 Å². The normalized spacial score (nSPS) is 21.7. The minimum atomic E-state index is 0.365. The van der Waals surface area contributed by atoms with E-state index in [0.29, 0.717) is 6.04 Å². The smallest absolute Gasteiger partial charge is 0.141 e. The standard InChI is InChI=1S/C23H28N2O/c1-16-12-14-25(15-13-16)23(18-8-10-19(26-3)11-9-18)22-17(2)24-21-7-5-4-6-20(21)22/h4-11,16,23-24H,12-15H2,1-3H3/p+1/t23-/m0/s1. The van der Waals surface area contributed by atoms with Crippen molar-refractivity contribution in [3.05, 3.63) is 65.4 Å². The largest absolute Gasteiger partial charge is 0.497 e. The number of aryl methyl sites for hydroxylation is 1. The summed E-state index contributed by atoms with van der Waals surface area (Å²) >= 11 is 0. The van der Waals surface area contributed by atoms with Crippen molar-refractivity contribution in [3.63, 3.8) is 0 Å². The lowest BCUT2D eigenvalue weighted by Gasteiger charge is -2.34. The number of fused-ring (bicyclic) bond motifs is 1. The second kappa shape index (κ2) is 7.16. The van der Waals surface area contributed by atoms with E-state index in [2.05, 4.69) is 67.4 Å².